The molecule has 2 aliphatic heterocycles. The van der Waals surface area contributed by atoms with Gasteiger partial charge in [0.1, 0.15) is 5.75 Å². The van der Waals surface area contributed by atoms with E-state index in [0.29, 0.717) is 45.0 Å². The number of aryl methyl sites for hydroxylation is 1. The number of morpholine rings is 1. The Morgan fingerprint density at radius 2 is 1.61 bits per heavy atom. The summed E-state index contributed by atoms with van der Waals surface area (Å²) in [6, 6.07) is 7.52. The van der Waals surface area contributed by atoms with E-state index in [9.17, 15) is 13.2 Å². The number of hydrogen-bond donors (Lipinski definition) is 0. The van der Waals surface area contributed by atoms with Gasteiger partial charge in [0.25, 0.3) is 16.1 Å². The molecule has 0 aromatic heterocycles. The number of amides is 1. The van der Waals surface area contributed by atoms with E-state index in [0.717, 1.165) is 5.56 Å². The lowest BCUT2D eigenvalue weighted by molar-refractivity contribution is -0.134. The second-order valence-corrected chi connectivity index (χ2v) is 9.39. The predicted molar refractivity (Wildman–Crippen MR) is 105 cm³/mol. The number of ether oxygens (including phenoxy) is 2. The maximum absolute atomic E-state index is 12.9. The van der Waals surface area contributed by atoms with Crippen LogP contribution in [0.1, 0.15) is 19.4 Å². The van der Waals surface area contributed by atoms with E-state index in [4.69, 9.17) is 9.47 Å². The van der Waals surface area contributed by atoms with Crippen LogP contribution >= 0.6 is 0 Å². The van der Waals surface area contributed by atoms with Crippen LogP contribution in [0.15, 0.2) is 24.3 Å². The SMILES string of the molecule is Cc1ccc(OCC(=O)N2CCN(S(=O)(=O)N3C[C@H](C)O[C@@H](C)C3)CC2)cc1. The summed E-state index contributed by atoms with van der Waals surface area (Å²) in [6.07, 6.45) is -0.249. The van der Waals surface area contributed by atoms with Crippen LogP contribution in [0.2, 0.25) is 0 Å². The minimum absolute atomic E-state index is 0.0473. The molecule has 28 heavy (non-hydrogen) atoms. The predicted octanol–water partition coefficient (Wildman–Crippen LogP) is 0.872. The smallest absolute Gasteiger partial charge is 0.282 e. The standard InChI is InChI=1S/C19H29N3O5S/c1-15-4-6-18(7-5-15)26-14-19(23)20-8-10-21(11-9-20)28(24,25)22-12-16(2)27-17(3)13-22/h4-7,16-17H,8-14H2,1-3H3/t16-,17-/m0/s1. The lowest BCUT2D eigenvalue weighted by Gasteiger charge is -2.40. The van der Waals surface area contributed by atoms with Gasteiger partial charge in [0, 0.05) is 39.3 Å². The molecule has 2 saturated heterocycles. The molecule has 0 aliphatic carbocycles. The number of rotatable bonds is 5. The first kappa shape index (κ1) is 21.0. The summed E-state index contributed by atoms with van der Waals surface area (Å²) in [5.41, 5.74) is 1.13. The minimum Gasteiger partial charge on any atom is -0.484 e. The van der Waals surface area contributed by atoms with Crippen molar-refractivity contribution in [3.63, 3.8) is 0 Å². The average molecular weight is 412 g/mol. The van der Waals surface area contributed by atoms with Crippen LogP contribution in [0.4, 0.5) is 0 Å². The van der Waals surface area contributed by atoms with Gasteiger partial charge in [0.05, 0.1) is 12.2 Å². The van der Waals surface area contributed by atoms with Crippen molar-refractivity contribution in [1.82, 2.24) is 13.5 Å². The van der Waals surface area contributed by atoms with Crippen molar-refractivity contribution in [2.24, 2.45) is 0 Å². The molecule has 0 spiro atoms. The molecule has 0 unspecified atom stereocenters. The van der Waals surface area contributed by atoms with Crippen molar-refractivity contribution in [2.75, 3.05) is 45.9 Å². The van der Waals surface area contributed by atoms with E-state index < -0.39 is 10.2 Å². The molecule has 2 aliphatic rings. The second kappa shape index (κ2) is 8.77. The Morgan fingerprint density at radius 1 is 1.04 bits per heavy atom. The van der Waals surface area contributed by atoms with Gasteiger partial charge in [-0.3, -0.25) is 4.79 Å². The highest BCUT2D eigenvalue weighted by atomic mass is 32.2. The third-order valence-electron chi connectivity index (χ3n) is 5.01. The highest BCUT2D eigenvalue weighted by Gasteiger charge is 2.37. The summed E-state index contributed by atoms with van der Waals surface area (Å²) in [5, 5.41) is 0. The number of nitrogens with zero attached hydrogens (tertiary/aromatic N) is 3. The molecule has 0 N–H and O–H groups in total. The molecule has 2 heterocycles. The Morgan fingerprint density at radius 3 is 2.18 bits per heavy atom. The van der Waals surface area contributed by atoms with Crippen LogP contribution in [0.25, 0.3) is 0 Å². The maximum Gasteiger partial charge on any atom is 0.282 e. The summed E-state index contributed by atoms with van der Waals surface area (Å²) >= 11 is 0. The number of carbonyl (C=O) groups is 1. The van der Waals surface area contributed by atoms with Gasteiger partial charge >= 0.3 is 0 Å². The minimum atomic E-state index is -3.54. The van der Waals surface area contributed by atoms with Crippen molar-refractivity contribution in [3.05, 3.63) is 29.8 Å². The van der Waals surface area contributed by atoms with Gasteiger partial charge in [0.2, 0.25) is 0 Å². The zero-order valence-corrected chi connectivity index (χ0v) is 17.5. The monoisotopic (exact) mass is 411 g/mol. The fraction of sp³-hybridized carbons (Fsp3) is 0.632. The van der Waals surface area contributed by atoms with E-state index in [2.05, 4.69) is 0 Å². The molecule has 0 radical (unpaired) electrons. The molecular weight excluding hydrogens is 382 g/mol. The van der Waals surface area contributed by atoms with Gasteiger partial charge in [0.15, 0.2) is 6.61 Å². The average Bonchev–Trinajstić information content (AvgIpc) is 2.66. The Hall–Kier alpha value is -1.68. The summed E-state index contributed by atoms with van der Waals surface area (Å²) in [7, 11) is -3.54. The third-order valence-corrected chi connectivity index (χ3v) is 6.98. The summed E-state index contributed by atoms with van der Waals surface area (Å²) in [4.78, 5) is 14.0. The van der Waals surface area contributed by atoms with Crippen LogP contribution in [-0.4, -0.2) is 85.9 Å². The van der Waals surface area contributed by atoms with Gasteiger partial charge in [-0.25, -0.2) is 0 Å². The number of piperazine rings is 1. The lowest BCUT2D eigenvalue weighted by atomic mass is 10.2. The van der Waals surface area contributed by atoms with Gasteiger partial charge in [-0.2, -0.15) is 17.0 Å². The maximum atomic E-state index is 12.9. The van der Waals surface area contributed by atoms with Crippen molar-refractivity contribution < 1.29 is 22.7 Å². The number of benzene rings is 1. The van der Waals surface area contributed by atoms with Crippen LogP contribution in [0.3, 0.4) is 0 Å². The zero-order valence-electron chi connectivity index (χ0n) is 16.7. The van der Waals surface area contributed by atoms with Gasteiger partial charge in [-0.1, -0.05) is 17.7 Å². The molecular formula is C19H29N3O5S. The highest BCUT2D eigenvalue weighted by Crippen LogP contribution is 2.19. The van der Waals surface area contributed by atoms with Crippen molar-refractivity contribution in [3.8, 4) is 5.75 Å². The molecule has 2 atom stereocenters. The fourth-order valence-corrected chi connectivity index (χ4v) is 5.27. The van der Waals surface area contributed by atoms with Crippen LogP contribution in [-0.2, 0) is 19.7 Å². The largest absolute Gasteiger partial charge is 0.484 e. The first-order valence-corrected chi connectivity index (χ1v) is 11.0. The topological polar surface area (TPSA) is 79.4 Å². The van der Waals surface area contributed by atoms with E-state index in [1.165, 1.54) is 8.61 Å². The first-order chi connectivity index (χ1) is 13.3. The van der Waals surface area contributed by atoms with Crippen molar-refractivity contribution in [2.45, 2.75) is 33.0 Å². The van der Waals surface area contributed by atoms with E-state index in [1.807, 2.05) is 45.0 Å². The van der Waals surface area contributed by atoms with Crippen molar-refractivity contribution in [1.29, 1.82) is 0 Å². The Balaban J connectivity index is 1.50. The molecule has 1 amide bonds. The summed E-state index contributed by atoms with van der Waals surface area (Å²) in [5.74, 6) is 0.516. The molecule has 8 nitrogen and oxygen atoms in total. The molecule has 9 heteroatoms. The van der Waals surface area contributed by atoms with Crippen LogP contribution < -0.4 is 4.74 Å². The first-order valence-electron chi connectivity index (χ1n) is 9.63. The fourth-order valence-electron chi connectivity index (χ4n) is 3.52. The quantitative estimate of drug-likeness (QED) is 0.718. The van der Waals surface area contributed by atoms with Gasteiger partial charge in [-0.15, -0.1) is 0 Å². The van der Waals surface area contributed by atoms with E-state index in [-0.39, 0.29) is 24.7 Å². The zero-order chi connectivity index (χ0) is 20.3. The Kier molecular flexibility index (Phi) is 6.59. The molecule has 2 fully saturated rings. The third kappa shape index (κ3) is 5.02. The van der Waals surface area contributed by atoms with E-state index in [1.54, 1.807) is 4.90 Å². The van der Waals surface area contributed by atoms with Gasteiger partial charge < -0.3 is 14.4 Å². The van der Waals surface area contributed by atoms with Crippen LogP contribution in [0.5, 0.6) is 5.75 Å². The summed E-state index contributed by atoms with van der Waals surface area (Å²) < 4.78 is 39.9. The highest BCUT2D eigenvalue weighted by molar-refractivity contribution is 7.86. The Bertz CT molecular complexity index is 765. The van der Waals surface area contributed by atoms with Crippen LogP contribution in [0, 0.1) is 6.92 Å². The summed E-state index contributed by atoms with van der Waals surface area (Å²) in [6.45, 7) is 7.72. The molecule has 1 aromatic rings. The Labute approximate surface area is 167 Å². The number of carbonyl (C=O) groups excluding carboxylic acids is 1. The van der Waals surface area contributed by atoms with Crippen molar-refractivity contribution >= 4 is 16.1 Å². The molecule has 0 bridgehead atoms. The number of hydrogen-bond acceptors (Lipinski definition) is 5. The molecule has 3 rings (SSSR count). The second-order valence-electron chi connectivity index (χ2n) is 7.46. The molecule has 1 aromatic carbocycles. The van der Waals surface area contributed by atoms with Gasteiger partial charge in [-0.05, 0) is 32.9 Å². The van der Waals surface area contributed by atoms with E-state index >= 15 is 0 Å². The molecule has 0 saturated carbocycles. The molecule has 156 valence electrons. The normalized spacial score (nSPS) is 24.9. The lowest BCUT2D eigenvalue weighted by Crippen LogP contribution is -2.58.